The standard InChI is InChI=1S/C19H24N2O5/c1-6-8-21-13-10-15(26-5)14(25-4)9-12(13)17(22)16(19(21)24)18(23)20-11(3)7-2/h6,9-11,22H,1,7-8H2,2-5H3,(H,20,23)/t11-/m0/s1. The van der Waals surface area contributed by atoms with Crippen LogP contribution in [-0.2, 0) is 6.54 Å². The summed E-state index contributed by atoms with van der Waals surface area (Å²) in [6.45, 7) is 7.58. The van der Waals surface area contributed by atoms with Crippen molar-refractivity contribution in [3.63, 3.8) is 0 Å². The maximum absolute atomic E-state index is 12.9. The van der Waals surface area contributed by atoms with E-state index in [1.54, 1.807) is 18.2 Å². The minimum atomic E-state index is -0.614. The summed E-state index contributed by atoms with van der Waals surface area (Å²) in [5.41, 5.74) is -0.472. The number of fused-ring (bicyclic) bond motifs is 1. The molecule has 26 heavy (non-hydrogen) atoms. The number of hydrogen-bond acceptors (Lipinski definition) is 5. The van der Waals surface area contributed by atoms with Crippen LogP contribution in [0.2, 0.25) is 0 Å². The van der Waals surface area contributed by atoms with Crippen LogP contribution in [0.3, 0.4) is 0 Å². The second-order valence-electron chi connectivity index (χ2n) is 5.94. The molecule has 2 aromatic rings. The van der Waals surface area contributed by atoms with Crippen LogP contribution < -0.4 is 20.3 Å². The number of methoxy groups -OCH3 is 2. The number of ether oxygens (including phenoxy) is 2. The van der Waals surface area contributed by atoms with Crippen LogP contribution in [0.15, 0.2) is 29.6 Å². The van der Waals surface area contributed by atoms with Crippen LogP contribution in [0, 0.1) is 0 Å². The maximum Gasteiger partial charge on any atom is 0.268 e. The predicted octanol–water partition coefficient (Wildman–Crippen LogP) is 2.44. The van der Waals surface area contributed by atoms with Gasteiger partial charge in [0, 0.05) is 24.0 Å². The number of nitrogens with zero attached hydrogens (tertiary/aromatic N) is 1. The SMILES string of the molecule is C=CCn1c(=O)c(C(=O)N[C@@H](C)CC)c(O)c2cc(OC)c(OC)cc21. The molecule has 1 aromatic carbocycles. The molecule has 0 radical (unpaired) electrons. The Labute approximate surface area is 151 Å². The fourth-order valence-electron chi connectivity index (χ4n) is 2.67. The highest BCUT2D eigenvalue weighted by Crippen LogP contribution is 2.36. The second kappa shape index (κ2) is 7.95. The highest BCUT2D eigenvalue weighted by molar-refractivity contribution is 6.03. The molecule has 1 aromatic heterocycles. The normalized spacial score (nSPS) is 11.8. The largest absolute Gasteiger partial charge is 0.506 e. The highest BCUT2D eigenvalue weighted by Gasteiger charge is 2.24. The van der Waals surface area contributed by atoms with Crippen LogP contribution in [0.5, 0.6) is 17.2 Å². The number of aromatic hydroxyl groups is 1. The zero-order valence-corrected chi connectivity index (χ0v) is 15.5. The number of carbonyl (C=O) groups excluding carboxylic acids is 1. The number of aromatic nitrogens is 1. The minimum absolute atomic E-state index is 0.129. The molecule has 0 aliphatic heterocycles. The van der Waals surface area contributed by atoms with Gasteiger partial charge < -0.3 is 24.5 Å². The molecule has 0 saturated carbocycles. The summed E-state index contributed by atoms with van der Waals surface area (Å²) in [6.07, 6.45) is 2.25. The summed E-state index contributed by atoms with van der Waals surface area (Å²) < 4.78 is 11.9. The summed E-state index contributed by atoms with van der Waals surface area (Å²) in [7, 11) is 2.95. The lowest BCUT2D eigenvalue weighted by molar-refractivity contribution is 0.0934. The smallest absolute Gasteiger partial charge is 0.268 e. The molecule has 1 atom stereocenters. The van der Waals surface area contributed by atoms with Gasteiger partial charge in [-0.15, -0.1) is 6.58 Å². The third kappa shape index (κ3) is 3.37. The Kier molecular flexibility index (Phi) is 5.92. The van der Waals surface area contributed by atoms with Crippen LogP contribution in [0.4, 0.5) is 0 Å². The average molecular weight is 360 g/mol. The molecule has 2 rings (SSSR count). The lowest BCUT2D eigenvalue weighted by Gasteiger charge is -2.17. The molecule has 0 bridgehead atoms. The van der Waals surface area contributed by atoms with Gasteiger partial charge in [0.05, 0.1) is 19.7 Å². The van der Waals surface area contributed by atoms with Gasteiger partial charge in [0.25, 0.3) is 11.5 Å². The van der Waals surface area contributed by atoms with Crippen molar-refractivity contribution in [2.45, 2.75) is 32.9 Å². The quantitative estimate of drug-likeness (QED) is 0.740. The molecular weight excluding hydrogens is 336 g/mol. The maximum atomic E-state index is 12.9. The average Bonchev–Trinajstić information content (AvgIpc) is 2.63. The monoisotopic (exact) mass is 360 g/mol. The van der Waals surface area contributed by atoms with Crippen molar-refractivity contribution in [3.05, 3.63) is 40.7 Å². The van der Waals surface area contributed by atoms with Crippen LogP contribution in [0.1, 0.15) is 30.6 Å². The highest BCUT2D eigenvalue weighted by atomic mass is 16.5. The van der Waals surface area contributed by atoms with Crippen molar-refractivity contribution in [2.24, 2.45) is 0 Å². The minimum Gasteiger partial charge on any atom is -0.506 e. The number of carbonyl (C=O) groups is 1. The lowest BCUT2D eigenvalue weighted by atomic mass is 10.1. The third-order valence-electron chi connectivity index (χ3n) is 4.27. The number of allylic oxidation sites excluding steroid dienone is 1. The Morgan fingerprint density at radius 2 is 1.96 bits per heavy atom. The molecular formula is C19H24N2O5. The van der Waals surface area contributed by atoms with E-state index in [1.165, 1.54) is 18.8 Å². The van der Waals surface area contributed by atoms with Crippen molar-refractivity contribution < 1.29 is 19.4 Å². The van der Waals surface area contributed by atoms with Gasteiger partial charge in [0.1, 0.15) is 11.3 Å². The Morgan fingerprint density at radius 1 is 1.35 bits per heavy atom. The van der Waals surface area contributed by atoms with Gasteiger partial charge in [0.2, 0.25) is 0 Å². The first-order valence-electron chi connectivity index (χ1n) is 8.32. The van der Waals surface area contributed by atoms with Crippen molar-refractivity contribution in [2.75, 3.05) is 14.2 Å². The van der Waals surface area contributed by atoms with Gasteiger partial charge in [-0.05, 0) is 19.4 Å². The van der Waals surface area contributed by atoms with Crippen molar-refractivity contribution in [1.29, 1.82) is 0 Å². The van der Waals surface area contributed by atoms with E-state index in [9.17, 15) is 14.7 Å². The van der Waals surface area contributed by atoms with E-state index in [-0.39, 0.29) is 23.9 Å². The number of nitrogens with one attached hydrogen (secondary N) is 1. The number of hydrogen-bond donors (Lipinski definition) is 2. The Morgan fingerprint density at radius 3 is 2.50 bits per heavy atom. The van der Waals surface area contributed by atoms with Gasteiger partial charge in [-0.1, -0.05) is 13.0 Å². The Hall–Kier alpha value is -2.96. The van der Waals surface area contributed by atoms with E-state index in [4.69, 9.17) is 9.47 Å². The number of benzene rings is 1. The van der Waals surface area contributed by atoms with Crippen LogP contribution in [0.25, 0.3) is 10.9 Å². The molecule has 0 saturated heterocycles. The van der Waals surface area contributed by atoms with Crippen molar-refractivity contribution in [3.8, 4) is 17.2 Å². The van der Waals surface area contributed by atoms with E-state index in [0.717, 1.165) is 0 Å². The van der Waals surface area contributed by atoms with E-state index in [1.807, 2.05) is 13.8 Å². The van der Waals surface area contributed by atoms with Gasteiger partial charge in [-0.2, -0.15) is 0 Å². The third-order valence-corrected chi connectivity index (χ3v) is 4.27. The number of pyridine rings is 1. The van der Waals surface area contributed by atoms with E-state index in [2.05, 4.69) is 11.9 Å². The predicted molar refractivity (Wildman–Crippen MR) is 100 cm³/mol. The Balaban J connectivity index is 2.84. The van der Waals surface area contributed by atoms with E-state index < -0.39 is 11.5 Å². The van der Waals surface area contributed by atoms with E-state index in [0.29, 0.717) is 28.8 Å². The van der Waals surface area contributed by atoms with Gasteiger partial charge in [-0.3, -0.25) is 9.59 Å². The van der Waals surface area contributed by atoms with Crippen molar-refractivity contribution >= 4 is 16.8 Å². The van der Waals surface area contributed by atoms with Crippen LogP contribution in [-0.4, -0.2) is 35.8 Å². The first kappa shape index (κ1) is 19.4. The topological polar surface area (TPSA) is 89.8 Å². The summed E-state index contributed by atoms with van der Waals surface area (Å²) >= 11 is 0. The molecule has 0 unspecified atom stereocenters. The fraction of sp³-hybridized carbons (Fsp3) is 0.368. The summed E-state index contributed by atoms with van der Waals surface area (Å²) in [4.78, 5) is 25.4. The molecule has 140 valence electrons. The first-order chi connectivity index (χ1) is 12.4. The van der Waals surface area contributed by atoms with Crippen molar-refractivity contribution in [1.82, 2.24) is 9.88 Å². The molecule has 0 aliphatic carbocycles. The number of amides is 1. The summed E-state index contributed by atoms with van der Waals surface area (Å²) in [5.74, 6) is -0.204. The van der Waals surface area contributed by atoms with Crippen LogP contribution >= 0.6 is 0 Å². The molecule has 0 spiro atoms. The lowest BCUT2D eigenvalue weighted by Crippen LogP contribution is -2.37. The second-order valence-corrected chi connectivity index (χ2v) is 5.94. The van der Waals surface area contributed by atoms with Gasteiger partial charge >= 0.3 is 0 Å². The fourth-order valence-corrected chi connectivity index (χ4v) is 2.67. The molecule has 7 heteroatoms. The molecule has 2 N–H and O–H groups in total. The zero-order valence-electron chi connectivity index (χ0n) is 15.5. The molecule has 1 amide bonds. The van der Waals surface area contributed by atoms with Gasteiger partial charge in [-0.25, -0.2) is 0 Å². The summed E-state index contributed by atoms with van der Waals surface area (Å²) in [6, 6.07) is 3.01. The Bertz CT molecular complexity index is 901. The number of rotatable bonds is 7. The first-order valence-corrected chi connectivity index (χ1v) is 8.32. The molecule has 7 nitrogen and oxygen atoms in total. The molecule has 0 aliphatic rings. The van der Waals surface area contributed by atoms with E-state index >= 15 is 0 Å². The molecule has 1 heterocycles. The zero-order chi connectivity index (χ0) is 19.4. The summed E-state index contributed by atoms with van der Waals surface area (Å²) in [5, 5.41) is 13.7. The molecule has 0 fully saturated rings. The van der Waals surface area contributed by atoms with Gasteiger partial charge in [0.15, 0.2) is 11.5 Å².